The van der Waals surface area contributed by atoms with Crippen LogP contribution in [0.5, 0.6) is 0 Å². The van der Waals surface area contributed by atoms with Gasteiger partial charge in [-0.15, -0.1) is 0 Å². The molecule has 0 aliphatic heterocycles. The van der Waals surface area contributed by atoms with Gasteiger partial charge in [0.1, 0.15) is 0 Å². The second-order valence-electron chi connectivity index (χ2n) is 20.7. The molecule has 0 aromatic carbocycles. The molecule has 0 bridgehead atoms. The Balaban J connectivity index is 3.38. The fraction of sp³-hybridized carbons (Fsp3) is 0.966. The number of amides is 1. The number of unbranched alkanes of at least 4 members (excludes halogenated alkanes) is 45. The molecule has 388 valence electrons. The largest absolute Gasteiger partial charge is 0.466 e. The molecule has 65 heavy (non-hydrogen) atoms. The molecule has 0 saturated heterocycles. The molecule has 6 nitrogen and oxygen atoms in total. The van der Waals surface area contributed by atoms with Gasteiger partial charge in [0.25, 0.3) is 0 Å². The van der Waals surface area contributed by atoms with Gasteiger partial charge in [0.15, 0.2) is 0 Å². The lowest BCUT2D eigenvalue weighted by atomic mass is 10.0. The maximum Gasteiger partial charge on any atom is 0.305 e. The number of hydrogen-bond acceptors (Lipinski definition) is 5. The highest BCUT2D eigenvalue weighted by atomic mass is 16.5. The van der Waals surface area contributed by atoms with Crippen molar-refractivity contribution in [3.8, 4) is 0 Å². The molecule has 0 aromatic rings. The minimum absolute atomic E-state index is 0.0123. The Morgan fingerprint density at radius 3 is 0.938 bits per heavy atom. The number of aliphatic hydroxyl groups excluding tert-OH is 2. The third-order valence-electron chi connectivity index (χ3n) is 14.2. The van der Waals surface area contributed by atoms with Crippen LogP contribution in [0.3, 0.4) is 0 Å². The van der Waals surface area contributed by atoms with E-state index >= 15 is 0 Å². The van der Waals surface area contributed by atoms with Crippen molar-refractivity contribution >= 4 is 11.9 Å². The molecule has 6 heteroatoms. The molecule has 0 heterocycles. The van der Waals surface area contributed by atoms with Gasteiger partial charge in [-0.2, -0.15) is 0 Å². The van der Waals surface area contributed by atoms with Crippen LogP contribution in [0, 0.1) is 0 Å². The van der Waals surface area contributed by atoms with Crippen molar-refractivity contribution in [3.63, 3.8) is 0 Å². The predicted molar refractivity (Wildman–Crippen MR) is 283 cm³/mol. The van der Waals surface area contributed by atoms with Crippen LogP contribution in [-0.4, -0.2) is 47.4 Å². The van der Waals surface area contributed by atoms with Crippen molar-refractivity contribution in [1.82, 2.24) is 5.32 Å². The van der Waals surface area contributed by atoms with Gasteiger partial charge in [0.05, 0.1) is 25.4 Å². The molecule has 2 atom stereocenters. The van der Waals surface area contributed by atoms with E-state index in [-0.39, 0.29) is 18.5 Å². The number of carbonyl (C=O) groups is 2. The van der Waals surface area contributed by atoms with Crippen molar-refractivity contribution in [2.24, 2.45) is 0 Å². The van der Waals surface area contributed by atoms with Gasteiger partial charge >= 0.3 is 5.97 Å². The summed E-state index contributed by atoms with van der Waals surface area (Å²) in [5, 5.41) is 23.3. The van der Waals surface area contributed by atoms with E-state index in [2.05, 4.69) is 19.2 Å². The van der Waals surface area contributed by atoms with Gasteiger partial charge < -0.3 is 20.3 Å². The fourth-order valence-corrected chi connectivity index (χ4v) is 9.58. The van der Waals surface area contributed by atoms with Gasteiger partial charge in [-0.3, -0.25) is 9.59 Å². The Kier molecular flexibility index (Phi) is 54.5. The summed E-state index contributed by atoms with van der Waals surface area (Å²) in [5.41, 5.74) is 0. The zero-order valence-electron chi connectivity index (χ0n) is 44.3. The first-order chi connectivity index (χ1) is 32.0. The Morgan fingerprint density at radius 1 is 0.369 bits per heavy atom. The summed E-state index contributed by atoms with van der Waals surface area (Å²) in [6.07, 6.45) is 63.8. The van der Waals surface area contributed by atoms with Crippen LogP contribution < -0.4 is 5.32 Å². The maximum atomic E-state index is 12.5. The van der Waals surface area contributed by atoms with Gasteiger partial charge in [0.2, 0.25) is 5.91 Å². The first-order valence-electron chi connectivity index (χ1n) is 29.8. The van der Waals surface area contributed by atoms with Crippen molar-refractivity contribution in [1.29, 1.82) is 0 Å². The molecule has 1 amide bonds. The second-order valence-corrected chi connectivity index (χ2v) is 20.7. The summed E-state index contributed by atoms with van der Waals surface area (Å²) in [6.45, 7) is 4.98. The smallest absolute Gasteiger partial charge is 0.305 e. The average molecular weight is 921 g/mol. The summed E-state index contributed by atoms with van der Waals surface area (Å²) in [6, 6.07) is -0.542. The van der Waals surface area contributed by atoms with Crippen LogP contribution in [-0.2, 0) is 14.3 Å². The van der Waals surface area contributed by atoms with Crippen molar-refractivity contribution in [2.45, 2.75) is 353 Å². The molecule has 0 aliphatic rings. The summed E-state index contributed by atoms with van der Waals surface area (Å²) in [7, 11) is 0. The van der Waals surface area contributed by atoms with E-state index in [1.54, 1.807) is 0 Å². The molecule has 0 radical (unpaired) electrons. The van der Waals surface area contributed by atoms with E-state index in [9.17, 15) is 19.8 Å². The third kappa shape index (κ3) is 52.1. The van der Waals surface area contributed by atoms with E-state index < -0.39 is 12.1 Å². The van der Waals surface area contributed by atoms with E-state index in [4.69, 9.17) is 4.74 Å². The van der Waals surface area contributed by atoms with Crippen LogP contribution in [0.25, 0.3) is 0 Å². The molecule has 3 N–H and O–H groups in total. The molecular weight excluding hydrogens is 803 g/mol. The van der Waals surface area contributed by atoms with Gasteiger partial charge in [-0.05, 0) is 25.7 Å². The van der Waals surface area contributed by atoms with E-state index in [1.807, 2.05) is 0 Å². The summed E-state index contributed by atoms with van der Waals surface area (Å²) < 4.78 is 5.48. The summed E-state index contributed by atoms with van der Waals surface area (Å²) >= 11 is 0. The predicted octanol–water partition coefficient (Wildman–Crippen LogP) is 18.3. The van der Waals surface area contributed by atoms with Gasteiger partial charge in [0, 0.05) is 12.8 Å². The highest BCUT2D eigenvalue weighted by Crippen LogP contribution is 2.18. The first kappa shape index (κ1) is 63.9. The average Bonchev–Trinajstić information content (AvgIpc) is 3.31. The number of ether oxygens (including phenoxy) is 1. The van der Waals surface area contributed by atoms with Gasteiger partial charge in [-0.1, -0.05) is 303 Å². The van der Waals surface area contributed by atoms with Crippen LogP contribution in [0.4, 0.5) is 0 Å². The standard InChI is InChI=1S/C59H117NO5/c1-3-5-7-9-11-13-15-17-24-27-31-35-39-43-47-51-57(62)56(55-61)60-58(63)52-48-44-40-36-32-28-25-22-20-19-21-23-26-30-34-38-42-46-50-54-65-59(64)53-49-45-41-37-33-29-18-16-14-12-10-8-6-4-2/h56-57,61-62H,3-55H2,1-2H3,(H,60,63). The van der Waals surface area contributed by atoms with E-state index in [0.717, 1.165) is 38.5 Å². The SMILES string of the molecule is CCCCCCCCCCCCCCCCCC(O)C(CO)NC(=O)CCCCCCCCCCCCCCCCCCCCCOC(=O)CCCCCCCCCCCCCCCC. The third-order valence-corrected chi connectivity index (χ3v) is 14.2. The van der Waals surface area contributed by atoms with E-state index in [1.165, 1.54) is 270 Å². The van der Waals surface area contributed by atoms with Crippen molar-refractivity contribution < 1.29 is 24.5 Å². The summed E-state index contributed by atoms with van der Waals surface area (Å²) in [4.78, 5) is 24.5. The summed E-state index contributed by atoms with van der Waals surface area (Å²) in [5.74, 6) is -0.0226. The number of carbonyl (C=O) groups excluding carboxylic acids is 2. The molecular formula is C59H117NO5. The lowest BCUT2D eigenvalue weighted by Crippen LogP contribution is -2.45. The normalized spacial score (nSPS) is 12.5. The number of hydrogen-bond donors (Lipinski definition) is 3. The fourth-order valence-electron chi connectivity index (χ4n) is 9.58. The Labute approximate surface area is 406 Å². The minimum atomic E-state index is -0.664. The molecule has 0 fully saturated rings. The monoisotopic (exact) mass is 920 g/mol. The highest BCUT2D eigenvalue weighted by molar-refractivity contribution is 5.76. The van der Waals surface area contributed by atoms with Crippen molar-refractivity contribution in [2.75, 3.05) is 13.2 Å². The number of rotatable bonds is 56. The van der Waals surface area contributed by atoms with Crippen molar-refractivity contribution in [3.05, 3.63) is 0 Å². The molecule has 0 aromatic heterocycles. The molecule has 0 saturated carbocycles. The quantitative estimate of drug-likeness (QED) is 0.0417. The Hall–Kier alpha value is -1.14. The molecule has 0 spiro atoms. The Morgan fingerprint density at radius 2 is 0.631 bits per heavy atom. The number of esters is 1. The molecule has 0 rings (SSSR count). The van der Waals surface area contributed by atoms with E-state index in [0.29, 0.717) is 25.9 Å². The second kappa shape index (κ2) is 55.5. The number of aliphatic hydroxyl groups is 2. The van der Waals surface area contributed by atoms with Crippen LogP contribution in [0.1, 0.15) is 341 Å². The lowest BCUT2D eigenvalue weighted by Gasteiger charge is -2.22. The van der Waals surface area contributed by atoms with Crippen LogP contribution in [0.15, 0.2) is 0 Å². The zero-order chi connectivity index (χ0) is 47.2. The highest BCUT2D eigenvalue weighted by Gasteiger charge is 2.20. The molecule has 0 aliphatic carbocycles. The first-order valence-corrected chi connectivity index (χ1v) is 29.8. The van der Waals surface area contributed by atoms with Crippen LogP contribution >= 0.6 is 0 Å². The van der Waals surface area contributed by atoms with Crippen LogP contribution in [0.2, 0.25) is 0 Å². The minimum Gasteiger partial charge on any atom is -0.466 e. The topological polar surface area (TPSA) is 95.9 Å². The number of nitrogens with one attached hydrogen (secondary N) is 1. The zero-order valence-corrected chi connectivity index (χ0v) is 44.3. The lowest BCUT2D eigenvalue weighted by molar-refractivity contribution is -0.143. The molecule has 2 unspecified atom stereocenters. The van der Waals surface area contributed by atoms with Gasteiger partial charge in [-0.25, -0.2) is 0 Å². The maximum absolute atomic E-state index is 12.5. The Bertz CT molecular complexity index is 928.